The number of hydrogen-bond acceptors (Lipinski definition) is 4. The van der Waals surface area contributed by atoms with Crippen LogP contribution in [0.25, 0.3) is 11.4 Å². The number of thioether (sulfide) groups is 1. The van der Waals surface area contributed by atoms with E-state index in [2.05, 4.69) is 28.3 Å². The van der Waals surface area contributed by atoms with Gasteiger partial charge < -0.3 is 4.74 Å². The summed E-state index contributed by atoms with van der Waals surface area (Å²) in [4.78, 5) is 0. The molecule has 0 aliphatic carbocycles. The fraction of sp³-hybridized carbons (Fsp3) is 0.333. The van der Waals surface area contributed by atoms with Crippen molar-refractivity contribution in [1.29, 1.82) is 0 Å². The zero-order valence-corrected chi connectivity index (χ0v) is 12.7. The smallest absolute Gasteiger partial charge is 0.191 e. The van der Waals surface area contributed by atoms with Crippen LogP contribution < -0.4 is 4.74 Å². The highest BCUT2D eigenvalue weighted by Gasteiger charge is 2.16. The molecule has 2 rings (SSSR count). The third-order valence-electron chi connectivity index (χ3n) is 2.81. The molecule has 0 aliphatic heterocycles. The van der Waals surface area contributed by atoms with Crippen LogP contribution in [-0.4, -0.2) is 27.6 Å². The van der Waals surface area contributed by atoms with Crippen molar-refractivity contribution in [3.05, 3.63) is 36.9 Å². The first-order valence-electron chi connectivity index (χ1n) is 6.62. The molecule has 0 saturated carbocycles. The van der Waals surface area contributed by atoms with E-state index in [1.165, 1.54) is 0 Å². The molecule has 1 aromatic heterocycles. The number of hydrogen-bond donors (Lipinski definition) is 0. The average Bonchev–Trinajstić information content (AvgIpc) is 2.88. The van der Waals surface area contributed by atoms with Crippen LogP contribution in [-0.2, 0) is 6.54 Å². The molecular formula is C15H19N3OS. The van der Waals surface area contributed by atoms with Crippen LogP contribution in [0.3, 0.4) is 0 Å². The largest absolute Gasteiger partial charge is 0.496 e. The van der Waals surface area contributed by atoms with Crippen molar-refractivity contribution in [2.45, 2.75) is 25.0 Å². The third kappa shape index (κ3) is 3.04. The van der Waals surface area contributed by atoms with E-state index >= 15 is 0 Å². The number of aromatic nitrogens is 3. The minimum Gasteiger partial charge on any atom is -0.496 e. The van der Waals surface area contributed by atoms with E-state index in [4.69, 9.17) is 4.74 Å². The first-order valence-corrected chi connectivity index (χ1v) is 7.60. The van der Waals surface area contributed by atoms with Crippen LogP contribution in [0.1, 0.15) is 13.3 Å². The third-order valence-corrected chi connectivity index (χ3v) is 3.98. The molecule has 0 saturated heterocycles. The van der Waals surface area contributed by atoms with Crippen molar-refractivity contribution >= 4 is 11.8 Å². The Bertz CT molecular complexity index is 580. The molecule has 4 nitrogen and oxygen atoms in total. The summed E-state index contributed by atoms with van der Waals surface area (Å²) in [6.45, 7) is 6.66. The quantitative estimate of drug-likeness (QED) is 0.576. The zero-order chi connectivity index (χ0) is 14.4. The van der Waals surface area contributed by atoms with Gasteiger partial charge >= 0.3 is 0 Å². The summed E-state index contributed by atoms with van der Waals surface area (Å²) in [7, 11) is 1.67. The Hall–Kier alpha value is -1.75. The Morgan fingerprint density at radius 3 is 2.85 bits per heavy atom. The fourth-order valence-electron chi connectivity index (χ4n) is 1.91. The lowest BCUT2D eigenvalue weighted by Crippen LogP contribution is -2.01. The Kier molecular flexibility index (Phi) is 5.24. The molecule has 0 unspecified atom stereocenters. The lowest BCUT2D eigenvalue weighted by atomic mass is 10.2. The van der Waals surface area contributed by atoms with Crippen molar-refractivity contribution in [3.63, 3.8) is 0 Å². The number of ether oxygens (including phenoxy) is 1. The van der Waals surface area contributed by atoms with Gasteiger partial charge in [-0.1, -0.05) is 36.9 Å². The predicted octanol–water partition coefficient (Wildman–Crippen LogP) is 3.64. The van der Waals surface area contributed by atoms with Gasteiger partial charge in [-0.3, -0.25) is 4.57 Å². The second kappa shape index (κ2) is 7.14. The standard InChI is InChI=1S/C15H19N3OS/c1-4-10-18-14(16-17-15(18)20-11-5-2)12-8-6-7-9-13(12)19-3/h4,6-9H,1,5,10-11H2,2-3H3. The summed E-state index contributed by atoms with van der Waals surface area (Å²) >= 11 is 1.72. The van der Waals surface area contributed by atoms with Gasteiger partial charge in [0.25, 0.3) is 0 Å². The highest BCUT2D eigenvalue weighted by atomic mass is 32.2. The lowest BCUT2D eigenvalue weighted by molar-refractivity contribution is 0.416. The summed E-state index contributed by atoms with van der Waals surface area (Å²) in [5.74, 6) is 2.65. The van der Waals surface area contributed by atoms with Crippen molar-refractivity contribution < 1.29 is 4.74 Å². The molecule has 0 bridgehead atoms. The van der Waals surface area contributed by atoms with E-state index < -0.39 is 0 Å². The molecule has 0 amide bonds. The number of para-hydroxylation sites is 1. The van der Waals surface area contributed by atoms with E-state index in [1.54, 1.807) is 18.9 Å². The topological polar surface area (TPSA) is 39.9 Å². The van der Waals surface area contributed by atoms with Crippen molar-refractivity contribution in [3.8, 4) is 17.1 Å². The fourth-order valence-corrected chi connectivity index (χ4v) is 2.71. The number of allylic oxidation sites excluding steroid dienone is 1. The molecule has 0 spiro atoms. The minimum atomic E-state index is 0.687. The molecule has 0 radical (unpaired) electrons. The second-order valence-electron chi connectivity index (χ2n) is 4.25. The van der Waals surface area contributed by atoms with E-state index in [-0.39, 0.29) is 0 Å². The van der Waals surface area contributed by atoms with Crippen molar-refractivity contribution in [2.24, 2.45) is 0 Å². The molecule has 1 aromatic carbocycles. The van der Waals surface area contributed by atoms with Gasteiger partial charge in [0.15, 0.2) is 11.0 Å². The predicted molar refractivity (Wildman–Crippen MR) is 83.2 cm³/mol. The Labute approximate surface area is 123 Å². The number of nitrogens with zero attached hydrogens (tertiary/aromatic N) is 3. The molecular weight excluding hydrogens is 270 g/mol. The minimum absolute atomic E-state index is 0.687. The van der Waals surface area contributed by atoms with Gasteiger partial charge in [-0.25, -0.2) is 0 Å². The van der Waals surface area contributed by atoms with Gasteiger partial charge in [-0.05, 0) is 18.6 Å². The van der Waals surface area contributed by atoms with Crippen LogP contribution >= 0.6 is 11.8 Å². The highest BCUT2D eigenvalue weighted by molar-refractivity contribution is 7.99. The highest BCUT2D eigenvalue weighted by Crippen LogP contribution is 2.30. The Balaban J connectivity index is 2.45. The zero-order valence-electron chi connectivity index (χ0n) is 11.9. The summed E-state index contributed by atoms with van der Waals surface area (Å²) in [5.41, 5.74) is 0.952. The first kappa shape index (κ1) is 14.7. The van der Waals surface area contributed by atoms with E-state index in [9.17, 15) is 0 Å². The molecule has 2 aromatic rings. The number of benzene rings is 1. The van der Waals surface area contributed by atoms with E-state index in [0.29, 0.717) is 6.54 Å². The maximum absolute atomic E-state index is 5.41. The molecule has 0 atom stereocenters. The van der Waals surface area contributed by atoms with Crippen LogP contribution in [0, 0.1) is 0 Å². The Morgan fingerprint density at radius 2 is 2.15 bits per heavy atom. The van der Waals surface area contributed by atoms with Gasteiger partial charge in [0.05, 0.1) is 12.7 Å². The van der Waals surface area contributed by atoms with Crippen LogP contribution in [0.5, 0.6) is 5.75 Å². The van der Waals surface area contributed by atoms with Crippen molar-refractivity contribution in [1.82, 2.24) is 14.8 Å². The molecule has 0 fully saturated rings. The molecule has 0 aliphatic rings. The van der Waals surface area contributed by atoms with Crippen LogP contribution in [0.4, 0.5) is 0 Å². The van der Waals surface area contributed by atoms with Crippen molar-refractivity contribution in [2.75, 3.05) is 12.9 Å². The Morgan fingerprint density at radius 1 is 1.35 bits per heavy atom. The maximum Gasteiger partial charge on any atom is 0.191 e. The van der Waals surface area contributed by atoms with Gasteiger partial charge in [0.2, 0.25) is 0 Å². The number of methoxy groups -OCH3 is 1. The SMILES string of the molecule is C=CCn1c(SCCC)nnc1-c1ccccc1OC. The van der Waals surface area contributed by atoms with Gasteiger partial charge in [0, 0.05) is 12.3 Å². The van der Waals surface area contributed by atoms with E-state index in [0.717, 1.165) is 34.5 Å². The van der Waals surface area contributed by atoms with E-state index in [1.807, 2.05) is 30.3 Å². The van der Waals surface area contributed by atoms with Gasteiger partial charge in [-0.15, -0.1) is 16.8 Å². The molecule has 0 N–H and O–H groups in total. The maximum atomic E-state index is 5.41. The summed E-state index contributed by atoms with van der Waals surface area (Å²) in [6, 6.07) is 7.85. The summed E-state index contributed by atoms with van der Waals surface area (Å²) < 4.78 is 7.48. The van der Waals surface area contributed by atoms with Gasteiger partial charge in [0.1, 0.15) is 5.75 Å². The molecule has 106 valence electrons. The summed E-state index contributed by atoms with van der Waals surface area (Å²) in [6.07, 6.45) is 2.97. The van der Waals surface area contributed by atoms with Crippen LogP contribution in [0.2, 0.25) is 0 Å². The lowest BCUT2D eigenvalue weighted by Gasteiger charge is -2.10. The van der Waals surface area contributed by atoms with Gasteiger partial charge in [-0.2, -0.15) is 0 Å². The molecule has 1 heterocycles. The van der Waals surface area contributed by atoms with Crippen LogP contribution in [0.15, 0.2) is 42.1 Å². The average molecular weight is 289 g/mol. The molecule has 5 heteroatoms. The first-order chi connectivity index (χ1) is 9.81. The normalized spacial score (nSPS) is 10.5. The summed E-state index contributed by atoms with van der Waals surface area (Å²) in [5, 5.41) is 9.55. The number of rotatable bonds is 7. The second-order valence-corrected chi connectivity index (χ2v) is 5.32. The monoisotopic (exact) mass is 289 g/mol. The molecule has 20 heavy (non-hydrogen) atoms.